The van der Waals surface area contributed by atoms with Crippen molar-refractivity contribution < 1.29 is 4.74 Å². The van der Waals surface area contributed by atoms with Crippen molar-refractivity contribution in [3.8, 4) is 0 Å². The van der Waals surface area contributed by atoms with Gasteiger partial charge in [0.25, 0.3) is 0 Å². The predicted molar refractivity (Wildman–Crippen MR) is 76.3 cm³/mol. The summed E-state index contributed by atoms with van der Waals surface area (Å²) in [6.07, 6.45) is 2.51. The molecule has 2 heterocycles. The van der Waals surface area contributed by atoms with Gasteiger partial charge in [0.05, 0.1) is 6.61 Å². The minimum Gasteiger partial charge on any atom is -0.381 e. The maximum Gasteiger partial charge on any atom is 0.0509 e. The van der Waals surface area contributed by atoms with E-state index in [2.05, 4.69) is 36.6 Å². The first kappa shape index (κ1) is 12.5. The Hall–Kier alpha value is -0.510. The Balaban J connectivity index is 1.80. The lowest BCUT2D eigenvalue weighted by Gasteiger charge is -2.34. The van der Waals surface area contributed by atoms with E-state index in [4.69, 9.17) is 4.74 Å². The monoisotopic (exact) mass is 263 g/mol. The smallest absolute Gasteiger partial charge is 0.0509 e. The highest BCUT2D eigenvalue weighted by Gasteiger charge is 2.34. The summed E-state index contributed by atoms with van der Waals surface area (Å²) in [5, 5.41) is 3.56. The fraction of sp³-hybridized carbons (Fsp3) is 0.600. The molecule has 0 spiro atoms. The molecule has 3 heteroatoms. The molecule has 18 heavy (non-hydrogen) atoms. The lowest BCUT2D eigenvalue weighted by atomic mass is 9.82. The van der Waals surface area contributed by atoms with Crippen LogP contribution in [0.5, 0.6) is 0 Å². The molecule has 2 aliphatic rings. The number of fused-ring (bicyclic) bond motifs is 1. The Bertz CT molecular complexity index is 403. The standard InChI is InChI=1S/C15H21NOS/c1-16-15(11-5-4-8-17-9-11)13-10-18-14-7-3-2-6-12(13)14/h2-3,6-7,11,13,15-16H,4-5,8-10H2,1H3. The van der Waals surface area contributed by atoms with Gasteiger partial charge in [-0.25, -0.2) is 0 Å². The highest BCUT2D eigenvalue weighted by atomic mass is 32.2. The minimum atomic E-state index is 0.557. The van der Waals surface area contributed by atoms with Crippen LogP contribution in [0, 0.1) is 5.92 Å². The van der Waals surface area contributed by atoms with Crippen molar-refractivity contribution in [3.05, 3.63) is 29.8 Å². The van der Waals surface area contributed by atoms with Gasteiger partial charge < -0.3 is 10.1 Å². The maximum absolute atomic E-state index is 5.67. The predicted octanol–water partition coefficient (Wildman–Crippen LogP) is 2.89. The molecule has 0 aromatic heterocycles. The molecule has 1 aromatic carbocycles. The van der Waals surface area contributed by atoms with E-state index in [-0.39, 0.29) is 0 Å². The fourth-order valence-electron chi connectivity index (χ4n) is 3.30. The van der Waals surface area contributed by atoms with E-state index in [1.54, 1.807) is 0 Å². The van der Waals surface area contributed by atoms with E-state index in [0.29, 0.717) is 17.9 Å². The van der Waals surface area contributed by atoms with Gasteiger partial charge in [-0.05, 0) is 37.4 Å². The summed E-state index contributed by atoms with van der Waals surface area (Å²) >= 11 is 2.00. The van der Waals surface area contributed by atoms with Crippen LogP contribution in [-0.4, -0.2) is 32.1 Å². The number of thioether (sulfide) groups is 1. The Morgan fingerprint density at radius 1 is 1.39 bits per heavy atom. The normalized spacial score (nSPS) is 28.9. The van der Waals surface area contributed by atoms with Gasteiger partial charge in [-0.2, -0.15) is 0 Å². The minimum absolute atomic E-state index is 0.557. The highest BCUT2D eigenvalue weighted by molar-refractivity contribution is 7.99. The number of hydrogen-bond donors (Lipinski definition) is 1. The molecule has 3 atom stereocenters. The highest BCUT2D eigenvalue weighted by Crippen LogP contribution is 2.43. The van der Waals surface area contributed by atoms with Crippen LogP contribution >= 0.6 is 11.8 Å². The third-order valence-electron chi connectivity index (χ3n) is 4.21. The Labute approximate surface area is 113 Å². The zero-order valence-corrected chi connectivity index (χ0v) is 11.7. The SMILES string of the molecule is CNC(C1CCCOC1)C1CSc2ccccc21. The molecule has 1 aromatic rings. The van der Waals surface area contributed by atoms with E-state index in [1.807, 2.05) is 11.8 Å². The summed E-state index contributed by atoms with van der Waals surface area (Å²) in [5.41, 5.74) is 1.53. The van der Waals surface area contributed by atoms with Crippen LogP contribution < -0.4 is 5.32 Å². The quantitative estimate of drug-likeness (QED) is 0.906. The number of rotatable bonds is 3. The molecule has 0 bridgehead atoms. The van der Waals surface area contributed by atoms with Gasteiger partial charge in [0.15, 0.2) is 0 Å². The molecule has 1 saturated heterocycles. The van der Waals surface area contributed by atoms with E-state index in [0.717, 1.165) is 13.2 Å². The van der Waals surface area contributed by atoms with Gasteiger partial charge in [0, 0.05) is 29.2 Å². The second-order valence-electron chi connectivity index (χ2n) is 5.25. The second-order valence-corrected chi connectivity index (χ2v) is 6.31. The van der Waals surface area contributed by atoms with Gasteiger partial charge >= 0.3 is 0 Å². The molecule has 3 unspecified atom stereocenters. The Morgan fingerprint density at radius 2 is 2.28 bits per heavy atom. The van der Waals surface area contributed by atoms with Gasteiger partial charge in [-0.1, -0.05) is 18.2 Å². The third-order valence-corrected chi connectivity index (χ3v) is 5.42. The average molecular weight is 263 g/mol. The first-order chi connectivity index (χ1) is 8.90. The van der Waals surface area contributed by atoms with Crippen molar-refractivity contribution in [3.63, 3.8) is 0 Å². The molecule has 2 aliphatic heterocycles. The lowest BCUT2D eigenvalue weighted by molar-refractivity contribution is 0.0372. The summed E-state index contributed by atoms with van der Waals surface area (Å²) < 4.78 is 5.67. The number of nitrogens with one attached hydrogen (secondary N) is 1. The molecule has 0 amide bonds. The molecule has 3 rings (SSSR count). The van der Waals surface area contributed by atoms with Crippen LogP contribution in [-0.2, 0) is 4.74 Å². The van der Waals surface area contributed by atoms with Crippen molar-refractivity contribution in [1.82, 2.24) is 5.32 Å². The van der Waals surface area contributed by atoms with Crippen LogP contribution in [0.1, 0.15) is 24.3 Å². The van der Waals surface area contributed by atoms with E-state index >= 15 is 0 Å². The summed E-state index contributed by atoms with van der Waals surface area (Å²) in [6.45, 7) is 1.87. The van der Waals surface area contributed by atoms with E-state index in [9.17, 15) is 0 Å². The number of ether oxygens (including phenoxy) is 1. The fourth-order valence-corrected chi connectivity index (χ4v) is 4.61. The van der Waals surface area contributed by atoms with Crippen molar-refractivity contribution in [2.45, 2.75) is 29.7 Å². The van der Waals surface area contributed by atoms with Crippen LogP contribution in [0.3, 0.4) is 0 Å². The van der Waals surface area contributed by atoms with Crippen molar-refractivity contribution in [2.24, 2.45) is 5.92 Å². The maximum atomic E-state index is 5.67. The molecule has 1 fully saturated rings. The molecular formula is C15H21NOS. The third kappa shape index (κ3) is 2.31. The number of likely N-dealkylation sites (N-methyl/N-ethyl adjacent to an activating group) is 1. The first-order valence-corrected chi connectivity index (χ1v) is 7.85. The summed E-state index contributed by atoms with van der Waals surface area (Å²) in [7, 11) is 2.10. The van der Waals surface area contributed by atoms with Crippen LogP contribution in [0.15, 0.2) is 29.2 Å². The number of benzene rings is 1. The summed E-state index contributed by atoms with van der Waals surface area (Å²) in [4.78, 5) is 1.47. The van der Waals surface area contributed by atoms with E-state index in [1.165, 1.54) is 29.1 Å². The molecule has 2 nitrogen and oxygen atoms in total. The van der Waals surface area contributed by atoms with Crippen molar-refractivity contribution in [2.75, 3.05) is 26.0 Å². The van der Waals surface area contributed by atoms with Crippen LogP contribution in [0.4, 0.5) is 0 Å². The van der Waals surface area contributed by atoms with Crippen LogP contribution in [0.25, 0.3) is 0 Å². The Kier molecular flexibility index (Phi) is 3.92. The zero-order valence-electron chi connectivity index (χ0n) is 10.9. The molecular weight excluding hydrogens is 242 g/mol. The van der Waals surface area contributed by atoms with Crippen molar-refractivity contribution in [1.29, 1.82) is 0 Å². The molecule has 0 saturated carbocycles. The molecule has 0 aliphatic carbocycles. The number of hydrogen-bond acceptors (Lipinski definition) is 3. The van der Waals surface area contributed by atoms with Gasteiger partial charge in [-0.15, -0.1) is 11.8 Å². The largest absolute Gasteiger partial charge is 0.381 e. The van der Waals surface area contributed by atoms with Gasteiger partial charge in [0.1, 0.15) is 0 Å². The van der Waals surface area contributed by atoms with Crippen molar-refractivity contribution >= 4 is 11.8 Å². The molecule has 98 valence electrons. The van der Waals surface area contributed by atoms with Gasteiger partial charge in [0.2, 0.25) is 0 Å². The van der Waals surface area contributed by atoms with E-state index < -0.39 is 0 Å². The first-order valence-electron chi connectivity index (χ1n) is 6.87. The molecule has 0 radical (unpaired) electrons. The zero-order chi connectivity index (χ0) is 12.4. The topological polar surface area (TPSA) is 21.3 Å². The Morgan fingerprint density at radius 3 is 3.06 bits per heavy atom. The van der Waals surface area contributed by atoms with Gasteiger partial charge in [-0.3, -0.25) is 0 Å². The summed E-state index contributed by atoms with van der Waals surface area (Å²) in [6, 6.07) is 9.42. The van der Waals surface area contributed by atoms with Crippen LogP contribution in [0.2, 0.25) is 0 Å². The second kappa shape index (κ2) is 5.64. The average Bonchev–Trinajstić information content (AvgIpc) is 2.85. The lowest BCUT2D eigenvalue weighted by Crippen LogP contribution is -2.42. The summed E-state index contributed by atoms with van der Waals surface area (Å²) in [5.74, 6) is 2.52. The molecule has 1 N–H and O–H groups in total.